The second kappa shape index (κ2) is 7.68. The van der Waals surface area contributed by atoms with E-state index in [-0.39, 0.29) is 6.04 Å². The molecule has 0 radical (unpaired) electrons. The van der Waals surface area contributed by atoms with Crippen LogP contribution in [0.15, 0.2) is 59.5 Å². The molecule has 25 heavy (non-hydrogen) atoms. The van der Waals surface area contributed by atoms with Crippen LogP contribution in [0.25, 0.3) is 0 Å². The fourth-order valence-electron chi connectivity index (χ4n) is 3.35. The van der Waals surface area contributed by atoms with Gasteiger partial charge in [0.25, 0.3) is 0 Å². The Kier molecular flexibility index (Phi) is 5.57. The molecule has 5 heteroatoms. The van der Waals surface area contributed by atoms with Crippen molar-refractivity contribution in [3.63, 3.8) is 0 Å². The summed E-state index contributed by atoms with van der Waals surface area (Å²) in [4.78, 5) is 2.78. The van der Waals surface area contributed by atoms with Crippen LogP contribution in [0.1, 0.15) is 18.1 Å². The summed E-state index contributed by atoms with van der Waals surface area (Å²) in [6.07, 6.45) is 0.996. The van der Waals surface area contributed by atoms with Gasteiger partial charge in [-0.05, 0) is 43.5 Å². The van der Waals surface area contributed by atoms with Crippen molar-refractivity contribution in [1.29, 1.82) is 0 Å². The van der Waals surface area contributed by atoms with Crippen LogP contribution in [-0.2, 0) is 16.4 Å². The Hall–Kier alpha value is -1.69. The molecule has 0 amide bonds. The molecule has 1 atom stereocenters. The standard InChI is InChI=1S/C20H26N2O2S/c1-17-7-6-10-20(15-17)25(23,24)22-14-13-21(18(2)16-22)12-11-19-8-4-3-5-9-19/h3-10,15,18H,11-14,16H2,1-2H3. The van der Waals surface area contributed by atoms with Crippen molar-refractivity contribution in [2.24, 2.45) is 0 Å². The summed E-state index contributed by atoms with van der Waals surface area (Å²) < 4.78 is 27.4. The Balaban J connectivity index is 1.63. The number of aryl methyl sites for hydroxylation is 1. The van der Waals surface area contributed by atoms with Crippen LogP contribution < -0.4 is 0 Å². The van der Waals surface area contributed by atoms with E-state index in [4.69, 9.17) is 0 Å². The number of nitrogens with zero attached hydrogens (tertiary/aromatic N) is 2. The monoisotopic (exact) mass is 358 g/mol. The Morgan fingerprint density at radius 1 is 1.04 bits per heavy atom. The summed E-state index contributed by atoms with van der Waals surface area (Å²) in [6.45, 7) is 6.87. The van der Waals surface area contributed by atoms with Crippen molar-refractivity contribution >= 4 is 10.0 Å². The number of hydrogen-bond donors (Lipinski definition) is 0. The van der Waals surface area contributed by atoms with Crippen LogP contribution in [0.2, 0.25) is 0 Å². The minimum Gasteiger partial charge on any atom is -0.298 e. The van der Waals surface area contributed by atoms with Gasteiger partial charge in [-0.2, -0.15) is 4.31 Å². The fourth-order valence-corrected chi connectivity index (χ4v) is 4.97. The van der Waals surface area contributed by atoms with Gasteiger partial charge in [-0.15, -0.1) is 0 Å². The van der Waals surface area contributed by atoms with E-state index in [2.05, 4.69) is 36.1 Å². The molecule has 1 unspecified atom stereocenters. The van der Waals surface area contributed by atoms with Gasteiger partial charge in [0.2, 0.25) is 10.0 Å². The lowest BCUT2D eigenvalue weighted by Gasteiger charge is -2.39. The van der Waals surface area contributed by atoms with Crippen molar-refractivity contribution in [2.75, 3.05) is 26.2 Å². The van der Waals surface area contributed by atoms with Gasteiger partial charge in [0.1, 0.15) is 0 Å². The fraction of sp³-hybridized carbons (Fsp3) is 0.400. The van der Waals surface area contributed by atoms with Gasteiger partial charge in [0, 0.05) is 32.2 Å². The van der Waals surface area contributed by atoms with Crippen LogP contribution in [0.3, 0.4) is 0 Å². The highest BCUT2D eigenvalue weighted by molar-refractivity contribution is 7.89. The molecule has 1 saturated heterocycles. The smallest absolute Gasteiger partial charge is 0.243 e. The van der Waals surface area contributed by atoms with Crippen LogP contribution in [0, 0.1) is 6.92 Å². The van der Waals surface area contributed by atoms with E-state index in [1.165, 1.54) is 5.56 Å². The molecular formula is C20H26N2O2S. The van der Waals surface area contributed by atoms with E-state index in [9.17, 15) is 8.42 Å². The first-order chi connectivity index (χ1) is 12.0. The highest BCUT2D eigenvalue weighted by atomic mass is 32.2. The number of sulfonamides is 1. The lowest BCUT2D eigenvalue weighted by molar-refractivity contribution is 0.130. The zero-order valence-electron chi connectivity index (χ0n) is 14.9. The second-order valence-corrected chi connectivity index (χ2v) is 8.74. The predicted molar refractivity (Wildman–Crippen MR) is 101 cm³/mol. The molecule has 134 valence electrons. The van der Waals surface area contributed by atoms with Crippen molar-refractivity contribution in [3.8, 4) is 0 Å². The molecule has 1 aliphatic heterocycles. The summed E-state index contributed by atoms with van der Waals surface area (Å²) >= 11 is 0. The molecule has 0 aliphatic carbocycles. The quantitative estimate of drug-likeness (QED) is 0.825. The summed E-state index contributed by atoms with van der Waals surface area (Å²) in [5.74, 6) is 0. The maximum absolute atomic E-state index is 12.9. The van der Waals surface area contributed by atoms with Crippen LogP contribution in [0.5, 0.6) is 0 Å². The first kappa shape index (κ1) is 18.1. The van der Waals surface area contributed by atoms with E-state index in [1.54, 1.807) is 16.4 Å². The molecule has 0 saturated carbocycles. The van der Waals surface area contributed by atoms with E-state index >= 15 is 0 Å². The lowest BCUT2D eigenvalue weighted by Crippen LogP contribution is -2.53. The zero-order valence-corrected chi connectivity index (χ0v) is 15.7. The van der Waals surface area contributed by atoms with Gasteiger partial charge >= 0.3 is 0 Å². The molecule has 0 N–H and O–H groups in total. The largest absolute Gasteiger partial charge is 0.298 e. The Morgan fingerprint density at radius 3 is 2.48 bits per heavy atom. The minimum absolute atomic E-state index is 0.219. The lowest BCUT2D eigenvalue weighted by atomic mass is 10.1. The third-order valence-corrected chi connectivity index (χ3v) is 6.75. The van der Waals surface area contributed by atoms with Gasteiger partial charge in [-0.3, -0.25) is 4.90 Å². The number of rotatable bonds is 5. The highest BCUT2D eigenvalue weighted by Crippen LogP contribution is 2.21. The zero-order chi connectivity index (χ0) is 17.9. The van der Waals surface area contributed by atoms with Crippen LogP contribution in [-0.4, -0.2) is 49.8 Å². The minimum atomic E-state index is -3.40. The molecule has 1 fully saturated rings. The average Bonchev–Trinajstić information content (AvgIpc) is 2.61. The van der Waals surface area contributed by atoms with Crippen molar-refractivity contribution in [1.82, 2.24) is 9.21 Å². The molecule has 0 spiro atoms. The molecule has 4 nitrogen and oxygen atoms in total. The predicted octanol–water partition coefficient (Wildman–Crippen LogP) is 2.93. The van der Waals surface area contributed by atoms with E-state index in [0.717, 1.165) is 25.1 Å². The average molecular weight is 359 g/mol. The van der Waals surface area contributed by atoms with E-state index < -0.39 is 10.0 Å². The molecule has 0 bridgehead atoms. The third kappa shape index (κ3) is 4.29. The van der Waals surface area contributed by atoms with E-state index in [1.807, 2.05) is 25.1 Å². The summed E-state index contributed by atoms with van der Waals surface area (Å²) in [5, 5.41) is 0. The van der Waals surface area contributed by atoms with Gasteiger partial charge in [0.15, 0.2) is 0 Å². The first-order valence-corrected chi connectivity index (χ1v) is 10.3. The second-order valence-electron chi connectivity index (χ2n) is 6.80. The molecule has 3 rings (SSSR count). The molecule has 1 aliphatic rings. The van der Waals surface area contributed by atoms with Crippen LogP contribution >= 0.6 is 0 Å². The molecule has 0 aromatic heterocycles. The summed E-state index contributed by atoms with van der Waals surface area (Å²) in [5.41, 5.74) is 2.29. The molecular weight excluding hydrogens is 332 g/mol. The normalized spacial score (nSPS) is 19.8. The van der Waals surface area contributed by atoms with Crippen molar-refractivity contribution in [3.05, 3.63) is 65.7 Å². The number of piperazine rings is 1. The number of benzene rings is 2. The number of hydrogen-bond acceptors (Lipinski definition) is 3. The van der Waals surface area contributed by atoms with Crippen molar-refractivity contribution in [2.45, 2.75) is 31.2 Å². The van der Waals surface area contributed by atoms with Crippen molar-refractivity contribution < 1.29 is 8.42 Å². The summed E-state index contributed by atoms with van der Waals surface area (Å²) in [7, 11) is -3.40. The highest BCUT2D eigenvalue weighted by Gasteiger charge is 2.31. The van der Waals surface area contributed by atoms with E-state index in [0.29, 0.717) is 18.0 Å². The maximum atomic E-state index is 12.9. The SMILES string of the molecule is Cc1cccc(S(=O)(=O)N2CCN(CCc3ccccc3)C(C)C2)c1. The molecule has 2 aromatic rings. The Bertz CT molecular complexity index is 805. The van der Waals surface area contributed by atoms with Gasteiger partial charge in [-0.25, -0.2) is 8.42 Å². The topological polar surface area (TPSA) is 40.6 Å². The molecule has 1 heterocycles. The molecule has 2 aromatic carbocycles. The maximum Gasteiger partial charge on any atom is 0.243 e. The van der Waals surface area contributed by atoms with Gasteiger partial charge in [0.05, 0.1) is 4.90 Å². The third-order valence-electron chi connectivity index (χ3n) is 4.89. The van der Waals surface area contributed by atoms with Crippen LogP contribution in [0.4, 0.5) is 0 Å². The first-order valence-electron chi connectivity index (χ1n) is 8.81. The Labute approximate surface area is 151 Å². The van der Waals surface area contributed by atoms with Gasteiger partial charge in [-0.1, -0.05) is 42.5 Å². The Morgan fingerprint density at radius 2 is 1.80 bits per heavy atom. The van der Waals surface area contributed by atoms with Gasteiger partial charge < -0.3 is 0 Å². The summed E-state index contributed by atoms with van der Waals surface area (Å²) in [6, 6.07) is 17.8.